The van der Waals surface area contributed by atoms with E-state index in [1.54, 1.807) is 0 Å². The zero-order valence-electron chi connectivity index (χ0n) is 8.88. The molecule has 80 valence electrons. The molecule has 2 fully saturated rings. The summed E-state index contributed by atoms with van der Waals surface area (Å²) in [7, 11) is 0. The van der Waals surface area contributed by atoms with Crippen molar-refractivity contribution in [2.75, 3.05) is 6.61 Å². The Balaban J connectivity index is 2.17. The van der Waals surface area contributed by atoms with Crippen LogP contribution in [-0.4, -0.2) is 23.8 Å². The van der Waals surface area contributed by atoms with Gasteiger partial charge in [-0.05, 0) is 31.1 Å². The predicted octanol–water partition coefficient (Wildman–Crippen LogP) is 2.06. The standard InChI is InChI=1S/C11H18O3/c1-10(2)7-11(10,9(12)13)8-5-3-4-6-14-8/h8H,3-7H2,1-2H3,(H,12,13). The first-order chi connectivity index (χ1) is 6.51. The van der Waals surface area contributed by atoms with Gasteiger partial charge in [-0.2, -0.15) is 0 Å². The van der Waals surface area contributed by atoms with E-state index in [2.05, 4.69) is 0 Å². The highest BCUT2D eigenvalue weighted by atomic mass is 16.5. The summed E-state index contributed by atoms with van der Waals surface area (Å²) >= 11 is 0. The van der Waals surface area contributed by atoms with Crippen molar-refractivity contribution in [3.05, 3.63) is 0 Å². The third-order valence-corrected chi connectivity index (χ3v) is 3.91. The van der Waals surface area contributed by atoms with Gasteiger partial charge in [0, 0.05) is 6.61 Å². The van der Waals surface area contributed by atoms with Gasteiger partial charge in [0.05, 0.1) is 11.5 Å². The maximum atomic E-state index is 11.3. The zero-order valence-corrected chi connectivity index (χ0v) is 8.88. The second kappa shape index (κ2) is 2.96. The van der Waals surface area contributed by atoms with Crippen LogP contribution in [0.1, 0.15) is 39.5 Å². The van der Waals surface area contributed by atoms with Gasteiger partial charge in [0.2, 0.25) is 0 Å². The van der Waals surface area contributed by atoms with Crippen LogP contribution >= 0.6 is 0 Å². The van der Waals surface area contributed by atoms with Gasteiger partial charge in [0.25, 0.3) is 0 Å². The van der Waals surface area contributed by atoms with Gasteiger partial charge in [0.15, 0.2) is 0 Å². The Kier molecular flexibility index (Phi) is 2.11. The molecule has 2 unspecified atom stereocenters. The minimum atomic E-state index is -0.672. The van der Waals surface area contributed by atoms with Crippen molar-refractivity contribution in [3.8, 4) is 0 Å². The van der Waals surface area contributed by atoms with Crippen molar-refractivity contribution in [1.29, 1.82) is 0 Å². The Hall–Kier alpha value is -0.570. The van der Waals surface area contributed by atoms with Gasteiger partial charge in [0.1, 0.15) is 0 Å². The summed E-state index contributed by atoms with van der Waals surface area (Å²) < 4.78 is 5.62. The van der Waals surface area contributed by atoms with Crippen molar-refractivity contribution in [2.45, 2.75) is 45.6 Å². The monoisotopic (exact) mass is 198 g/mol. The van der Waals surface area contributed by atoms with Crippen LogP contribution in [0.2, 0.25) is 0 Å². The summed E-state index contributed by atoms with van der Waals surface area (Å²) in [5, 5.41) is 9.31. The van der Waals surface area contributed by atoms with Crippen LogP contribution in [0.15, 0.2) is 0 Å². The number of aliphatic carboxylic acids is 1. The van der Waals surface area contributed by atoms with Crippen LogP contribution in [0.25, 0.3) is 0 Å². The third kappa shape index (κ3) is 1.18. The molecule has 2 atom stereocenters. The summed E-state index contributed by atoms with van der Waals surface area (Å²) in [6.45, 7) is 4.79. The fraction of sp³-hybridized carbons (Fsp3) is 0.909. The average Bonchev–Trinajstić information content (AvgIpc) is 2.72. The Morgan fingerprint density at radius 2 is 2.07 bits per heavy atom. The first-order valence-corrected chi connectivity index (χ1v) is 5.36. The summed E-state index contributed by atoms with van der Waals surface area (Å²) in [5.41, 5.74) is -0.672. The lowest BCUT2D eigenvalue weighted by atomic mass is 9.86. The number of carboxylic acid groups (broad SMARTS) is 1. The first-order valence-electron chi connectivity index (χ1n) is 5.36. The van der Waals surface area contributed by atoms with Crippen LogP contribution in [0.5, 0.6) is 0 Å². The van der Waals surface area contributed by atoms with Gasteiger partial charge < -0.3 is 9.84 Å². The van der Waals surface area contributed by atoms with E-state index in [1.807, 2.05) is 13.8 Å². The lowest BCUT2D eigenvalue weighted by molar-refractivity contribution is -0.155. The predicted molar refractivity (Wildman–Crippen MR) is 52.1 cm³/mol. The summed E-state index contributed by atoms with van der Waals surface area (Å²) in [5.74, 6) is -0.672. The number of hydrogen-bond acceptors (Lipinski definition) is 2. The van der Waals surface area contributed by atoms with E-state index >= 15 is 0 Å². The Labute approximate surface area is 84.4 Å². The molecule has 3 nitrogen and oxygen atoms in total. The molecular formula is C11H18O3. The second-order valence-corrected chi connectivity index (χ2v) is 5.19. The molecule has 1 aliphatic heterocycles. The fourth-order valence-corrected chi connectivity index (χ4v) is 2.83. The minimum absolute atomic E-state index is 0.0521. The molecule has 0 aromatic heterocycles. The SMILES string of the molecule is CC1(C)CC1(C(=O)O)C1CCCCO1. The number of carboxylic acids is 1. The molecule has 0 aromatic rings. The smallest absolute Gasteiger partial charge is 0.312 e. The van der Waals surface area contributed by atoms with Crippen LogP contribution in [0.3, 0.4) is 0 Å². The highest BCUT2D eigenvalue weighted by Crippen LogP contribution is 2.67. The Morgan fingerprint density at radius 1 is 1.43 bits per heavy atom. The third-order valence-electron chi connectivity index (χ3n) is 3.91. The van der Waals surface area contributed by atoms with Gasteiger partial charge in [-0.25, -0.2) is 0 Å². The van der Waals surface area contributed by atoms with E-state index in [1.165, 1.54) is 0 Å². The molecule has 0 bridgehead atoms. The number of carbonyl (C=O) groups is 1. The molecule has 1 aliphatic carbocycles. The molecule has 1 saturated carbocycles. The number of ether oxygens (including phenoxy) is 1. The Bertz CT molecular complexity index is 253. The highest BCUT2D eigenvalue weighted by molar-refractivity contribution is 5.80. The van der Waals surface area contributed by atoms with Crippen molar-refractivity contribution < 1.29 is 14.6 Å². The molecule has 1 heterocycles. The minimum Gasteiger partial charge on any atom is -0.481 e. The maximum Gasteiger partial charge on any atom is 0.312 e. The molecule has 2 aliphatic rings. The van der Waals surface area contributed by atoms with Crippen LogP contribution < -0.4 is 0 Å². The van der Waals surface area contributed by atoms with E-state index in [9.17, 15) is 9.90 Å². The molecule has 1 saturated heterocycles. The lowest BCUT2D eigenvalue weighted by Gasteiger charge is -2.30. The lowest BCUT2D eigenvalue weighted by Crippen LogP contribution is -2.38. The maximum absolute atomic E-state index is 11.3. The van der Waals surface area contributed by atoms with Crippen LogP contribution in [0.4, 0.5) is 0 Å². The van der Waals surface area contributed by atoms with Gasteiger partial charge in [-0.15, -0.1) is 0 Å². The van der Waals surface area contributed by atoms with Gasteiger partial charge in [-0.1, -0.05) is 13.8 Å². The quantitative estimate of drug-likeness (QED) is 0.738. The van der Waals surface area contributed by atoms with Crippen LogP contribution in [0, 0.1) is 10.8 Å². The fourth-order valence-electron chi connectivity index (χ4n) is 2.83. The number of rotatable bonds is 2. The topological polar surface area (TPSA) is 46.5 Å². The van der Waals surface area contributed by atoms with Crippen molar-refractivity contribution in [3.63, 3.8) is 0 Å². The number of hydrogen-bond donors (Lipinski definition) is 1. The summed E-state index contributed by atoms with van der Waals surface area (Å²) in [6.07, 6.45) is 3.81. The Morgan fingerprint density at radius 3 is 2.43 bits per heavy atom. The first kappa shape index (κ1) is 9.97. The molecule has 0 aromatic carbocycles. The van der Waals surface area contributed by atoms with Crippen LogP contribution in [-0.2, 0) is 9.53 Å². The normalized spacial score (nSPS) is 40.6. The van der Waals surface area contributed by atoms with E-state index in [4.69, 9.17) is 4.74 Å². The van der Waals surface area contributed by atoms with E-state index in [0.717, 1.165) is 32.3 Å². The zero-order chi connectivity index (χ0) is 10.4. The molecule has 0 amide bonds. The van der Waals surface area contributed by atoms with Gasteiger partial charge in [-0.3, -0.25) is 4.79 Å². The summed E-state index contributed by atoms with van der Waals surface area (Å²) in [4.78, 5) is 11.3. The van der Waals surface area contributed by atoms with E-state index in [-0.39, 0.29) is 11.5 Å². The molecule has 0 radical (unpaired) electrons. The van der Waals surface area contributed by atoms with Crippen molar-refractivity contribution >= 4 is 5.97 Å². The van der Waals surface area contributed by atoms with Crippen molar-refractivity contribution in [2.24, 2.45) is 10.8 Å². The molecule has 3 heteroatoms. The van der Waals surface area contributed by atoms with E-state index < -0.39 is 11.4 Å². The molecule has 1 N–H and O–H groups in total. The van der Waals surface area contributed by atoms with Gasteiger partial charge >= 0.3 is 5.97 Å². The summed E-state index contributed by atoms with van der Waals surface area (Å²) in [6, 6.07) is 0. The molecule has 2 rings (SSSR count). The second-order valence-electron chi connectivity index (χ2n) is 5.19. The molecule has 14 heavy (non-hydrogen) atoms. The largest absolute Gasteiger partial charge is 0.481 e. The van der Waals surface area contributed by atoms with Crippen molar-refractivity contribution in [1.82, 2.24) is 0 Å². The van der Waals surface area contributed by atoms with E-state index in [0.29, 0.717) is 0 Å². The average molecular weight is 198 g/mol. The molecular weight excluding hydrogens is 180 g/mol. The molecule has 0 spiro atoms. The highest BCUT2D eigenvalue weighted by Gasteiger charge is 2.71.